The third-order valence-corrected chi connectivity index (χ3v) is 4.07. The van der Waals surface area contributed by atoms with E-state index < -0.39 is 0 Å². The van der Waals surface area contributed by atoms with Gasteiger partial charge < -0.3 is 14.7 Å². The molecule has 0 N–H and O–H groups in total. The van der Waals surface area contributed by atoms with E-state index in [9.17, 15) is 5.21 Å². The number of hydrogen-bond donors (Lipinski definition) is 0. The van der Waals surface area contributed by atoms with E-state index in [1.807, 2.05) is 30.5 Å². The van der Waals surface area contributed by atoms with E-state index in [0.717, 1.165) is 48.7 Å². The molecule has 4 aromatic rings. The van der Waals surface area contributed by atoms with Crippen LogP contribution >= 0.6 is 0 Å². The summed E-state index contributed by atoms with van der Waals surface area (Å²) >= 11 is 0. The lowest BCUT2D eigenvalue weighted by Crippen LogP contribution is -2.23. The number of ether oxygens (including phenoxy) is 2. The summed E-state index contributed by atoms with van der Waals surface area (Å²) in [5.41, 5.74) is 0.879. The van der Waals surface area contributed by atoms with Gasteiger partial charge in [0.25, 0.3) is 0 Å². The fraction of sp³-hybridized carbons (Fsp3) is 0.0588. The van der Waals surface area contributed by atoms with Gasteiger partial charge in [-0.25, -0.2) is 0 Å². The first-order chi connectivity index (χ1) is 10.8. The van der Waals surface area contributed by atoms with E-state index in [4.69, 9.17) is 9.47 Å². The molecule has 5 nitrogen and oxygen atoms in total. The fourth-order valence-electron chi connectivity index (χ4n) is 3.03. The lowest BCUT2D eigenvalue weighted by molar-refractivity contribution is -0.603. The summed E-state index contributed by atoms with van der Waals surface area (Å²) in [4.78, 5) is 4.58. The normalized spacial score (nSPS) is 13.3. The van der Waals surface area contributed by atoms with Gasteiger partial charge in [0.05, 0.1) is 5.52 Å². The molecule has 0 spiro atoms. The number of fused-ring (bicyclic) bond motifs is 6. The molecule has 2 aromatic heterocycles. The maximum atomic E-state index is 11.4. The predicted molar refractivity (Wildman–Crippen MR) is 81.8 cm³/mol. The Balaban J connectivity index is 1.94. The average Bonchev–Trinajstić information content (AvgIpc) is 2.99. The highest BCUT2D eigenvalue weighted by atomic mass is 16.7. The van der Waals surface area contributed by atoms with E-state index in [1.54, 1.807) is 12.3 Å². The first-order valence-corrected chi connectivity index (χ1v) is 6.93. The predicted octanol–water partition coefficient (Wildman–Crippen LogP) is 2.90. The van der Waals surface area contributed by atoms with Crippen molar-refractivity contribution in [2.24, 2.45) is 0 Å². The summed E-state index contributed by atoms with van der Waals surface area (Å²) in [5.74, 6) is 1.51. The highest BCUT2D eigenvalue weighted by Crippen LogP contribution is 2.38. The standard InChI is InChI=1S/C17H10N2O3/c20-19-4-3-12-10(8-19)1-2-13-14-6-16-15(21-9-22-16)5-11(14)7-18-17(12)13/h1-8H,9H2. The highest BCUT2D eigenvalue weighted by molar-refractivity contribution is 6.15. The molecular formula is C17H10N2O3. The minimum Gasteiger partial charge on any atom is -0.619 e. The van der Waals surface area contributed by atoms with Crippen LogP contribution in [0.25, 0.3) is 32.4 Å². The monoisotopic (exact) mass is 290 g/mol. The summed E-state index contributed by atoms with van der Waals surface area (Å²) in [5, 5.41) is 16.4. The quantitative estimate of drug-likeness (QED) is 0.284. The third-order valence-electron chi connectivity index (χ3n) is 4.07. The van der Waals surface area contributed by atoms with Crippen LogP contribution in [0.1, 0.15) is 0 Å². The van der Waals surface area contributed by atoms with E-state index in [0.29, 0.717) is 0 Å². The molecule has 3 heterocycles. The average molecular weight is 290 g/mol. The Kier molecular flexibility index (Phi) is 2.09. The van der Waals surface area contributed by atoms with E-state index in [-0.39, 0.29) is 6.79 Å². The smallest absolute Gasteiger partial charge is 0.231 e. The van der Waals surface area contributed by atoms with Crippen LogP contribution in [0, 0.1) is 5.21 Å². The molecule has 0 radical (unpaired) electrons. The van der Waals surface area contributed by atoms with Crippen molar-refractivity contribution in [2.75, 3.05) is 6.79 Å². The van der Waals surface area contributed by atoms with E-state index in [1.165, 1.54) is 6.20 Å². The largest absolute Gasteiger partial charge is 0.619 e. The Morgan fingerprint density at radius 3 is 2.73 bits per heavy atom. The summed E-state index contributed by atoms with van der Waals surface area (Å²) in [6, 6.07) is 9.68. The molecule has 2 aromatic carbocycles. The molecule has 1 aliphatic heterocycles. The highest BCUT2D eigenvalue weighted by Gasteiger charge is 2.16. The van der Waals surface area contributed by atoms with Gasteiger partial charge in [0, 0.05) is 33.8 Å². The number of rotatable bonds is 0. The van der Waals surface area contributed by atoms with Crippen LogP contribution in [0.5, 0.6) is 11.5 Å². The molecule has 1 aliphatic rings. The molecule has 0 bridgehead atoms. The van der Waals surface area contributed by atoms with Crippen LogP contribution in [0.15, 0.2) is 48.9 Å². The molecule has 0 fully saturated rings. The molecular weight excluding hydrogens is 280 g/mol. The second-order valence-electron chi connectivity index (χ2n) is 5.32. The van der Waals surface area contributed by atoms with Crippen LogP contribution in [-0.2, 0) is 0 Å². The number of nitrogens with zero attached hydrogens (tertiary/aromatic N) is 2. The maximum Gasteiger partial charge on any atom is 0.231 e. The van der Waals surface area contributed by atoms with Crippen molar-refractivity contribution in [3.8, 4) is 11.5 Å². The van der Waals surface area contributed by atoms with Gasteiger partial charge in [-0.2, -0.15) is 4.73 Å². The molecule has 0 amide bonds. The van der Waals surface area contributed by atoms with Crippen molar-refractivity contribution in [1.29, 1.82) is 0 Å². The molecule has 106 valence electrons. The van der Waals surface area contributed by atoms with Crippen LogP contribution in [0.3, 0.4) is 0 Å². The number of benzene rings is 2. The van der Waals surface area contributed by atoms with Gasteiger partial charge in [0.1, 0.15) is 0 Å². The molecule has 0 saturated carbocycles. The van der Waals surface area contributed by atoms with Gasteiger partial charge in [-0.3, -0.25) is 4.98 Å². The molecule has 0 saturated heterocycles. The number of pyridine rings is 2. The van der Waals surface area contributed by atoms with Gasteiger partial charge in [0.15, 0.2) is 23.9 Å². The first-order valence-electron chi connectivity index (χ1n) is 6.93. The van der Waals surface area contributed by atoms with Gasteiger partial charge in [-0.1, -0.05) is 6.07 Å². The second kappa shape index (κ2) is 3.98. The fourth-order valence-corrected chi connectivity index (χ4v) is 3.03. The van der Waals surface area contributed by atoms with Crippen molar-refractivity contribution in [3.05, 3.63) is 54.1 Å². The number of hydrogen-bond acceptors (Lipinski definition) is 4. The molecule has 5 heteroatoms. The summed E-state index contributed by atoms with van der Waals surface area (Å²) in [7, 11) is 0. The first kappa shape index (κ1) is 11.6. The Morgan fingerprint density at radius 2 is 1.82 bits per heavy atom. The third kappa shape index (κ3) is 1.47. The molecule has 22 heavy (non-hydrogen) atoms. The Hall–Kier alpha value is -3.08. The van der Waals surface area contributed by atoms with Crippen LogP contribution in [-0.4, -0.2) is 11.8 Å². The lowest BCUT2D eigenvalue weighted by atomic mass is 10.0. The Labute approximate surface area is 124 Å². The zero-order chi connectivity index (χ0) is 14.7. The Morgan fingerprint density at radius 1 is 0.955 bits per heavy atom. The van der Waals surface area contributed by atoms with Gasteiger partial charge >= 0.3 is 0 Å². The molecule has 0 aliphatic carbocycles. The van der Waals surface area contributed by atoms with Crippen molar-refractivity contribution in [1.82, 2.24) is 4.98 Å². The van der Waals surface area contributed by atoms with Crippen molar-refractivity contribution in [2.45, 2.75) is 0 Å². The minimum atomic E-state index is 0.253. The van der Waals surface area contributed by atoms with Gasteiger partial charge in [-0.05, 0) is 23.6 Å². The minimum absolute atomic E-state index is 0.253. The van der Waals surface area contributed by atoms with Gasteiger partial charge in [-0.15, -0.1) is 0 Å². The van der Waals surface area contributed by atoms with Gasteiger partial charge in [0.2, 0.25) is 6.79 Å². The molecule has 0 atom stereocenters. The summed E-state index contributed by atoms with van der Waals surface area (Å²) < 4.78 is 11.7. The topological polar surface area (TPSA) is 58.3 Å². The van der Waals surface area contributed by atoms with Crippen molar-refractivity contribution >= 4 is 32.4 Å². The van der Waals surface area contributed by atoms with Crippen LogP contribution in [0.2, 0.25) is 0 Å². The zero-order valence-electron chi connectivity index (χ0n) is 11.4. The van der Waals surface area contributed by atoms with E-state index in [2.05, 4.69) is 4.98 Å². The van der Waals surface area contributed by atoms with Crippen molar-refractivity contribution in [3.63, 3.8) is 0 Å². The SMILES string of the molecule is [O-][n+]1ccc2c(ccc3c4cc5c(cc4cnc23)OCO5)c1. The Bertz CT molecular complexity index is 1080. The lowest BCUT2D eigenvalue weighted by Gasteiger charge is -2.07. The maximum absolute atomic E-state index is 11.4. The second-order valence-corrected chi connectivity index (χ2v) is 5.32. The summed E-state index contributed by atoms with van der Waals surface area (Å²) in [6.07, 6.45) is 4.88. The van der Waals surface area contributed by atoms with E-state index >= 15 is 0 Å². The summed E-state index contributed by atoms with van der Waals surface area (Å²) in [6.45, 7) is 0.253. The van der Waals surface area contributed by atoms with Crippen LogP contribution in [0.4, 0.5) is 0 Å². The zero-order valence-corrected chi connectivity index (χ0v) is 11.4. The molecule has 5 rings (SSSR count). The van der Waals surface area contributed by atoms with Crippen molar-refractivity contribution < 1.29 is 14.2 Å². The molecule has 0 unspecified atom stereocenters. The number of aromatic nitrogens is 2. The van der Waals surface area contributed by atoms with Crippen LogP contribution < -0.4 is 14.2 Å².